The molecule has 0 aromatic carbocycles. The van der Waals surface area contributed by atoms with Gasteiger partial charge < -0.3 is 14.7 Å². The lowest BCUT2D eigenvalue weighted by Gasteiger charge is -2.27. The Morgan fingerprint density at radius 1 is 1.61 bits per heavy atom. The monoisotopic (exact) mass is 270 g/mol. The third-order valence-corrected chi connectivity index (χ3v) is 3.94. The Hall–Kier alpha value is -1.17. The first-order valence-electron chi connectivity index (χ1n) is 5.84. The first kappa shape index (κ1) is 14.9. The number of aromatic nitrogens is 1. The predicted molar refractivity (Wildman–Crippen MR) is 76.9 cm³/mol. The third-order valence-electron chi connectivity index (χ3n) is 2.69. The number of thioether (sulfide) groups is 1. The zero-order valence-corrected chi connectivity index (χ0v) is 12.5. The lowest BCUT2D eigenvalue weighted by atomic mass is 10.2. The fraction of sp³-hybridized carbons (Fsp3) is 0.667. The summed E-state index contributed by atoms with van der Waals surface area (Å²) in [6.07, 6.45) is 3.69. The van der Waals surface area contributed by atoms with Crippen LogP contribution in [0.5, 0.6) is 0 Å². The van der Waals surface area contributed by atoms with Crippen molar-refractivity contribution in [2.45, 2.75) is 25.1 Å². The van der Waals surface area contributed by atoms with Crippen LogP contribution in [0.4, 0.5) is 0 Å². The standard InChI is InChI=1S/C12H22N4OS/c1-12(2,18-5)9-14-11(13-3)16(4)8-10-6-7-17-15-10/h6-7H,8-9H2,1-5H3,(H,13,14). The maximum Gasteiger partial charge on any atom is 0.193 e. The summed E-state index contributed by atoms with van der Waals surface area (Å²) >= 11 is 1.83. The van der Waals surface area contributed by atoms with Gasteiger partial charge in [0.1, 0.15) is 12.0 Å². The van der Waals surface area contributed by atoms with E-state index in [9.17, 15) is 0 Å². The van der Waals surface area contributed by atoms with Gasteiger partial charge in [-0.15, -0.1) is 0 Å². The summed E-state index contributed by atoms with van der Waals surface area (Å²) in [6.45, 7) is 5.95. The van der Waals surface area contributed by atoms with Crippen molar-refractivity contribution in [2.24, 2.45) is 4.99 Å². The van der Waals surface area contributed by atoms with Crippen molar-refractivity contribution >= 4 is 17.7 Å². The molecule has 0 bridgehead atoms. The predicted octanol–water partition coefficient (Wildman–Crippen LogP) is 1.82. The highest BCUT2D eigenvalue weighted by molar-refractivity contribution is 7.99. The average molecular weight is 270 g/mol. The fourth-order valence-electron chi connectivity index (χ4n) is 1.39. The molecule has 0 unspecified atom stereocenters. The lowest BCUT2D eigenvalue weighted by molar-refractivity contribution is 0.390. The normalized spacial score (nSPS) is 12.6. The van der Waals surface area contributed by atoms with Crippen LogP contribution in [0.3, 0.4) is 0 Å². The second kappa shape index (κ2) is 6.68. The quantitative estimate of drug-likeness (QED) is 0.653. The maximum atomic E-state index is 4.82. The highest BCUT2D eigenvalue weighted by Crippen LogP contribution is 2.19. The van der Waals surface area contributed by atoms with E-state index in [0.29, 0.717) is 6.54 Å². The minimum atomic E-state index is 0.185. The number of hydrogen-bond donors (Lipinski definition) is 1. The number of rotatable bonds is 5. The highest BCUT2D eigenvalue weighted by atomic mass is 32.2. The average Bonchev–Trinajstić information content (AvgIpc) is 2.82. The van der Waals surface area contributed by atoms with Crippen LogP contribution in [0.15, 0.2) is 21.8 Å². The van der Waals surface area contributed by atoms with Gasteiger partial charge in [-0.2, -0.15) is 11.8 Å². The van der Waals surface area contributed by atoms with Gasteiger partial charge in [-0.1, -0.05) is 5.16 Å². The molecule has 1 aromatic rings. The Bertz CT molecular complexity index is 375. The van der Waals surface area contributed by atoms with Gasteiger partial charge in [-0.05, 0) is 20.1 Å². The van der Waals surface area contributed by atoms with Crippen molar-refractivity contribution in [3.8, 4) is 0 Å². The zero-order chi connectivity index (χ0) is 13.6. The van der Waals surface area contributed by atoms with Crippen LogP contribution in [0, 0.1) is 0 Å². The fourth-order valence-corrected chi connectivity index (χ4v) is 1.60. The summed E-state index contributed by atoms with van der Waals surface area (Å²) in [4.78, 5) is 6.29. The molecule has 0 aliphatic heterocycles. The largest absolute Gasteiger partial charge is 0.364 e. The van der Waals surface area contributed by atoms with E-state index in [1.807, 2.05) is 29.8 Å². The minimum Gasteiger partial charge on any atom is -0.364 e. The van der Waals surface area contributed by atoms with Crippen LogP contribution in [0.1, 0.15) is 19.5 Å². The number of guanidine groups is 1. The Labute approximate surface area is 113 Å². The molecule has 0 aliphatic carbocycles. The molecule has 0 saturated carbocycles. The Balaban J connectivity index is 2.51. The summed E-state index contributed by atoms with van der Waals surface area (Å²) < 4.78 is 5.01. The van der Waals surface area contributed by atoms with E-state index >= 15 is 0 Å². The van der Waals surface area contributed by atoms with E-state index < -0.39 is 0 Å². The zero-order valence-electron chi connectivity index (χ0n) is 11.7. The summed E-state index contributed by atoms with van der Waals surface area (Å²) in [6, 6.07) is 1.86. The van der Waals surface area contributed by atoms with E-state index in [0.717, 1.165) is 18.2 Å². The van der Waals surface area contributed by atoms with Crippen LogP contribution >= 0.6 is 11.8 Å². The maximum absolute atomic E-state index is 4.82. The number of nitrogens with zero attached hydrogens (tertiary/aromatic N) is 3. The van der Waals surface area contributed by atoms with Gasteiger partial charge in [0, 0.05) is 31.5 Å². The second-order valence-electron chi connectivity index (χ2n) is 4.71. The molecule has 102 valence electrons. The molecule has 1 aromatic heterocycles. The van der Waals surface area contributed by atoms with Gasteiger partial charge in [-0.25, -0.2) is 0 Å². The van der Waals surface area contributed by atoms with E-state index in [4.69, 9.17) is 4.52 Å². The Morgan fingerprint density at radius 2 is 2.33 bits per heavy atom. The first-order chi connectivity index (χ1) is 8.48. The Kier molecular flexibility index (Phi) is 5.53. The number of aliphatic imine (C=N–C) groups is 1. The molecule has 0 amide bonds. The van der Waals surface area contributed by atoms with Crippen molar-refractivity contribution in [2.75, 3.05) is 26.9 Å². The van der Waals surface area contributed by atoms with E-state index in [-0.39, 0.29) is 4.75 Å². The van der Waals surface area contributed by atoms with Gasteiger partial charge in [0.25, 0.3) is 0 Å². The van der Waals surface area contributed by atoms with Crippen LogP contribution in [0.25, 0.3) is 0 Å². The van der Waals surface area contributed by atoms with E-state index in [2.05, 4.69) is 35.6 Å². The van der Waals surface area contributed by atoms with Gasteiger partial charge in [0.05, 0.1) is 6.54 Å². The molecule has 5 nitrogen and oxygen atoms in total. The van der Waals surface area contributed by atoms with Gasteiger partial charge in [0.15, 0.2) is 5.96 Å². The molecule has 1 rings (SSSR count). The van der Waals surface area contributed by atoms with Gasteiger partial charge >= 0.3 is 0 Å². The van der Waals surface area contributed by atoms with E-state index in [1.165, 1.54) is 0 Å². The summed E-state index contributed by atoms with van der Waals surface area (Å²) in [7, 11) is 3.77. The molecule has 0 spiro atoms. The molecular formula is C12H22N4OS. The van der Waals surface area contributed by atoms with Crippen molar-refractivity contribution in [3.05, 3.63) is 18.0 Å². The van der Waals surface area contributed by atoms with Gasteiger partial charge in [-0.3, -0.25) is 4.99 Å². The van der Waals surface area contributed by atoms with Gasteiger partial charge in [0.2, 0.25) is 0 Å². The summed E-state index contributed by atoms with van der Waals surface area (Å²) in [5.74, 6) is 0.861. The molecule has 0 radical (unpaired) electrons. The molecule has 0 fully saturated rings. The third kappa shape index (κ3) is 4.60. The second-order valence-corrected chi connectivity index (χ2v) is 6.22. The van der Waals surface area contributed by atoms with Crippen molar-refractivity contribution in [1.29, 1.82) is 0 Å². The number of nitrogens with one attached hydrogen (secondary N) is 1. The van der Waals surface area contributed by atoms with Crippen LogP contribution in [-0.4, -0.2) is 47.7 Å². The molecule has 0 aliphatic rings. The highest BCUT2D eigenvalue weighted by Gasteiger charge is 2.17. The first-order valence-corrected chi connectivity index (χ1v) is 7.07. The molecule has 6 heteroatoms. The Morgan fingerprint density at radius 3 is 2.83 bits per heavy atom. The van der Waals surface area contributed by atoms with Crippen molar-refractivity contribution in [1.82, 2.24) is 15.4 Å². The number of hydrogen-bond acceptors (Lipinski definition) is 4. The van der Waals surface area contributed by atoms with Crippen LogP contribution in [-0.2, 0) is 6.54 Å². The topological polar surface area (TPSA) is 53.7 Å². The van der Waals surface area contributed by atoms with E-state index in [1.54, 1.807) is 13.3 Å². The molecular weight excluding hydrogens is 248 g/mol. The summed E-state index contributed by atoms with van der Waals surface area (Å²) in [5, 5.41) is 7.26. The van der Waals surface area contributed by atoms with Crippen molar-refractivity contribution < 1.29 is 4.52 Å². The SMILES string of the molecule is CN=C(NCC(C)(C)SC)N(C)Cc1ccon1. The smallest absolute Gasteiger partial charge is 0.193 e. The lowest BCUT2D eigenvalue weighted by Crippen LogP contribution is -2.43. The molecule has 0 saturated heterocycles. The molecule has 18 heavy (non-hydrogen) atoms. The summed E-state index contributed by atoms with van der Waals surface area (Å²) in [5.41, 5.74) is 0.893. The van der Waals surface area contributed by atoms with Crippen molar-refractivity contribution in [3.63, 3.8) is 0 Å². The van der Waals surface area contributed by atoms with Crippen LogP contribution in [0.2, 0.25) is 0 Å². The minimum absolute atomic E-state index is 0.185. The molecule has 1 N–H and O–H groups in total. The molecule has 0 atom stereocenters. The molecule has 1 heterocycles. The van der Waals surface area contributed by atoms with Crippen LogP contribution < -0.4 is 5.32 Å².